The number of aromatic nitrogens is 1. The molecule has 0 spiro atoms. The highest BCUT2D eigenvalue weighted by Gasteiger charge is 2.39. The Morgan fingerprint density at radius 3 is 2.65 bits per heavy atom. The molecule has 0 unspecified atom stereocenters. The summed E-state index contributed by atoms with van der Waals surface area (Å²) in [7, 11) is -0.386. The highest BCUT2D eigenvalue weighted by Crippen LogP contribution is 2.37. The standard InChI is InChI=1S/C22H27N3O5S/c1-15-9-18(7-8-20(15)30-14-22(27)23(2)3)31(28,29)24-11-16-10-17(13-24)19-5-4-6-21(26)25(19)12-16/h4-9,16-17H,10-14H2,1-3H3/t16-,17+/m1/s1. The topological polar surface area (TPSA) is 88.9 Å². The van der Waals surface area contributed by atoms with E-state index >= 15 is 0 Å². The molecule has 0 aliphatic carbocycles. The number of rotatable bonds is 5. The lowest BCUT2D eigenvalue weighted by atomic mass is 9.84. The molecule has 31 heavy (non-hydrogen) atoms. The van der Waals surface area contributed by atoms with Gasteiger partial charge in [0, 0.05) is 51.4 Å². The van der Waals surface area contributed by atoms with E-state index in [1.807, 2.05) is 6.07 Å². The van der Waals surface area contributed by atoms with Crippen molar-refractivity contribution in [3.8, 4) is 5.75 Å². The van der Waals surface area contributed by atoms with Gasteiger partial charge < -0.3 is 14.2 Å². The number of pyridine rings is 1. The number of sulfonamides is 1. The maximum Gasteiger partial charge on any atom is 0.259 e. The van der Waals surface area contributed by atoms with Gasteiger partial charge in [-0.2, -0.15) is 4.31 Å². The van der Waals surface area contributed by atoms with Crippen molar-refractivity contribution in [3.63, 3.8) is 0 Å². The van der Waals surface area contributed by atoms with E-state index in [0.717, 1.165) is 12.1 Å². The van der Waals surface area contributed by atoms with Gasteiger partial charge >= 0.3 is 0 Å². The van der Waals surface area contributed by atoms with Crippen molar-refractivity contribution < 1.29 is 17.9 Å². The number of likely N-dealkylation sites (N-methyl/N-ethyl adjacent to an activating group) is 1. The Hall–Kier alpha value is -2.65. The molecular weight excluding hydrogens is 418 g/mol. The van der Waals surface area contributed by atoms with Crippen molar-refractivity contribution in [1.82, 2.24) is 13.8 Å². The molecule has 1 amide bonds. The molecule has 3 heterocycles. The van der Waals surface area contributed by atoms with E-state index in [1.165, 1.54) is 15.3 Å². The first-order chi connectivity index (χ1) is 14.7. The zero-order chi connectivity index (χ0) is 22.3. The third-order valence-electron chi connectivity index (χ3n) is 6.08. The Morgan fingerprint density at radius 2 is 1.94 bits per heavy atom. The van der Waals surface area contributed by atoms with Crippen LogP contribution < -0.4 is 10.3 Å². The van der Waals surface area contributed by atoms with Crippen molar-refractivity contribution in [3.05, 3.63) is 58.0 Å². The summed E-state index contributed by atoms with van der Waals surface area (Å²) >= 11 is 0. The van der Waals surface area contributed by atoms with E-state index in [4.69, 9.17) is 4.74 Å². The smallest absolute Gasteiger partial charge is 0.259 e. The zero-order valence-electron chi connectivity index (χ0n) is 17.9. The first-order valence-electron chi connectivity index (χ1n) is 10.3. The van der Waals surface area contributed by atoms with Gasteiger partial charge in [-0.15, -0.1) is 0 Å². The molecule has 2 aliphatic heterocycles. The number of amides is 1. The summed E-state index contributed by atoms with van der Waals surface area (Å²) in [6.45, 7) is 2.96. The van der Waals surface area contributed by atoms with E-state index in [9.17, 15) is 18.0 Å². The zero-order valence-corrected chi connectivity index (χ0v) is 18.8. The number of aryl methyl sites for hydroxylation is 1. The fourth-order valence-corrected chi connectivity index (χ4v) is 6.06. The average molecular weight is 446 g/mol. The van der Waals surface area contributed by atoms with E-state index in [0.29, 0.717) is 30.9 Å². The lowest BCUT2D eigenvalue weighted by Crippen LogP contribution is -2.49. The Labute approximate surface area is 182 Å². The van der Waals surface area contributed by atoms with Crippen LogP contribution in [0.4, 0.5) is 0 Å². The minimum Gasteiger partial charge on any atom is -0.483 e. The lowest BCUT2D eigenvalue weighted by molar-refractivity contribution is -0.130. The Kier molecular flexibility index (Phi) is 5.65. The predicted octanol–water partition coefficient (Wildman–Crippen LogP) is 1.43. The van der Waals surface area contributed by atoms with Crippen LogP contribution in [-0.4, -0.2) is 61.9 Å². The Bertz CT molecular complexity index is 1170. The maximum atomic E-state index is 13.4. The third kappa shape index (κ3) is 4.12. The summed E-state index contributed by atoms with van der Waals surface area (Å²) in [4.78, 5) is 25.6. The predicted molar refractivity (Wildman–Crippen MR) is 116 cm³/mol. The van der Waals surface area contributed by atoms with Crippen LogP contribution in [-0.2, 0) is 21.4 Å². The van der Waals surface area contributed by atoms with Crippen LogP contribution in [0.5, 0.6) is 5.75 Å². The monoisotopic (exact) mass is 445 g/mol. The second-order valence-electron chi connectivity index (χ2n) is 8.52. The highest BCUT2D eigenvalue weighted by molar-refractivity contribution is 7.89. The quantitative estimate of drug-likeness (QED) is 0.695. The fourth-order valence-electron chi connectivity index (χ4n) is 4.41. The lowest BCUT2D eigenvalue weighted by Gasteiger charge is -2.42. The second kappa shape index (κ2) is 8.12. The van der Waals surface area contributed by atoms with Crippen LogP contribution in [0.15, 0.2) is 46.1 Å². The summed E-state index contributed by atoms with van der Waals surface area (Å²) in [6, 6.07) is 9.94. The minimum absolute atomic E-state index is 0.0110. The van der Waals surface area contributed by atoms with Crippen LogP contribution in [0.3, 0.4) is 0 Å². The summed E-state index contributed by atoms with van der Waals surface area (Å²) in [6.07, 6.45) is 0.890. The number of nitrogens with zero attached hydrogens (tertiary/aromatic N) is 3. The SMILES string of the molecule is Cc1cc(S(=O)(=O)N2C[C@H]3C[C@@H](C2)c2cccc(=O)n2C3)ccc1OCC(=O)N(C)C. The Morgan fingerprint density at radius 1 is 1.16 bits per heavy atom. The molecule has 166 valence electrons. The van der Waals surface area contributed by atoms with E-state index in [1.54, 1.807) is 49.9 Å². The number of carbonyl (C=O) groups excluding carboxylic acids is 1. The van der Waals surface area contributed by atoms with E-state index < -0.39 is 10.0 Å². The number of piperidine rings is 1. The normalized spacial score (nSPS) is 20.7. The molecule has 2 atom stereocenters. The molecule has 2 bridgehead atoms. The first-order valence-corrected chi connectivity index (χ1v) is 11.7. The van der Waals surface area contributed by atoms with Crippen molar-refractivity contribution in [2.24, 2.45) is 5.92 Å². The van der Waals surface area contributed by atoms with Crippen molar-refractivity contribution in [2.45, 2.75) is 30.7 Å². The average Bonchev–Trinajstić information content (AvgIpc) is 2.73. The summed E-state index contributed by atoms with van der Waals surface area (Å²) < 4.78 is 35.6. The van der Waals surface area contributed by atoms with Gasteiger partial charge in [-0.05, 0) is 49.1 Å². The molecule has 1 aromatic carbocycles. The maximum absolute atomic E-state index is 13.4. The van der Waals surface area contributed by atoms with E-state index in [-0.39, 0.29) is 34.8 Å². The van der Waals surface area contributed by atoms with Crippen LogP contribution in [0.25, 0.3) is 0 Å². The number of ether oxygens (including phenoxy) is 1. The second-order valence-corrected chi connectivity index (χ2v) is 10.5. The van der Waals surface area contributed by atoms with Gasteiger partial charge in [0.2, 0.25) is 10.0 Å². The van der Waals surface area contributed by atoms with Gasteiger partial charge in [0.25, 0.3) is 11.5 Å². The Balaban J connectivity index is 1.55. The molecule has 0 saturated carbocycles. The molecule has 8 nitrogen and oxygen atoms in total. The molecular formula is C22H27N3O5S. The van der Waals surface area contributed by atoms with Crippen LogP contribution in [0, 0.1) is 12.8 Å². The number of carbonyl (C=O) groups is 1. The first kappa shape index (κ1) is 21.6. The van der Waals surface area contributed by atoms with Crippen LogP contribution in [0.2, 0.25) is 0 Å². The fraction of sp³-hybridized carbons (Fsp3) is 0.455. The van der Waals surface area contributed by atoms with Gasteiger partial charge in [-0.3, -0.25) is 9.59 Å². The molecule has 4 rings (SSSR count). The molecule has 9 heteroatoms. The van der Waals surface area contributed by atoms with Crippen LogP contribution >= 0.6 is 0 Å². The molecule has 1 saturated heterocycles. The molecule has 1 aromatic heterocycles. The summed E-state index contributed by atoms with van der Waals surface area (Å²) in [5, 5.41) is 0. The number of hydrogen-bond donors (Lipinski definition) is 0. The van der Waals surface area contributed by atoms with Gasteiger partial charge in [-0.25, -0.2) is 8.42 Å². The molecule has 1 fully saturated rings. The molecule has 0 N–H and O–H groups in total. The highest BCUT2D eigenvalue weighted by atomic mass is 32.2. The third-order valence-corrected chi connectivity index (χ3v) is 7.91. The van der Waals surface area contributed by atoms with E-state index in [2.05, 4.69) is 0 Å². The van der Waals surface area contributed by atoms with Crippen molar-refractivity contribution in [2.75, 3.05) is 33.8 Å². The summed E-state index contributed by atoms with van der Waals surface area (Å²) in [5.74, 6) is 0.437. The number of fused-ring (bicyclic) bond motifs is 4. The number of hydrogen-bond acceptors (Lipinski definition) is 5. The van der Waals surface area contributed by atoms with Crippen molar-refractivity contribution >= 4 is 15.9 Å². The van der Waals surface area contributed by atoms with Gasteiger partial charge in [0.05, 0.1) is 4.90 Å². The van der Waals surface area contributed by atoms with Gasteiger partial charge in [0.15, 0.2) is 6.61 Å². The molecule has 0 radical (unpaired) electrons. The largest absolute Gasteiger partial charge is 0.483 e. The van der Waals surface area contributed by atoms with Crippen LogP contribution in [0.1, 0.15) is 23.6 Å². The number of benzene rings is 1. The molecule has 2 aliphatic rings. The molecule has 2 aromatic rings. The minimum atomic E-state index is -3.69. The van der Waals surface area contributed by atoms with Gasteiger partial charge in [-0.1, -0.05) is 6.07 Å². The summed E-state index contributed by atoms with van der Waals surface area (Å²) in [5.41, 5.74) is 1.54. The van der Waals surface area contributed by atoms with Gasteiger partial charge in [0.1, 0.15) is 5.75 Å². The van der Waals surface area contributed by atoms with Crippen molar-refractivity contribution in [1.29, 1.82) is 0 Å².